The smallest absolute Gasteiger partial charge is 0.147 e. The number of nitrogens with zero attached hydrogens (tertiary/aromatic N) is 3. The SMILES string of the molecule is Cc1ncc(N(C)C2CC3(CC3)C2)nc1C1NCC(O)C1C(C)C. The molecule has 3 fully saturated rings. The Bertz CT molecular complexity index is 620. The van der Waals surface area contributed by atoms with Gasteiger partial charge in [-0.25, -0.2) is 4.98 Å². The predicted molar refractivity (Wildman–Crippen MR) is 94.9 cm³/mol. The summed E-state index contributed by atoms with van der Waals surface area (Å²) in [5.41, 5.74) is 2.67. The Balaban J connectivity index is 1.57. The Hall–Kier alpha value is -1.20. The van der Waals surface area contributed by atoms with Crippen molar-refractivity contribution in [2.24, 2.45) is 17.3 Å². The Morgan fingerprint density at radius 1 is 1.33 bits per heavy atom. The zero-order chi connectivity index (χ0) is 17.1. The third-order valence-electron chi connectivity index (χ3n) is 6.62. The van der Waals surface area contributed by atoms with Gasteiger partial charge in [0, 0.05) is 25.6 Å². The van der Waals surface area contributed by atoms with Crippen LogP contribution in [0.5, 0.6) is 0 Å². The summed E-state index contributed by atoms with van der Waals surface area (Å²) in [4.78, 5) is 11.9. The number of β-amino-alcohol motifs (C(OH)–C–C–N with tert-alkyl or cyclic N) is 1. The van der Waals surface area contributed by atoms with Gasteiger partial charge in [-0.2, -0.15) is 0 Å². The Labute approximate surface area is 144 Å². The molecule has 5 nitrogen and oxygen atoms in total. The van der Waals surface area contributed by atoms with Gasteiger partial charge >= 0.3 is 0 Å². The molecule has 1 spiro atoms. The first-order valence-corrected chi connectivity index (χ1v) is 9.38. The quantitative estimate of drug-likeness (QED) is 0.888. The highest BCUT2D eigenvalue weighted by atomic mass is 16.3. The van der Waals surface area contributed by atoms with E-state index in [2.05, 4.69) is 36.1 Å². The number of aliphatic hydroxyl groups is 1. The lowest BCUT2D eigenvalue weighted by atomic mass is 9.76. The van der Waals surface area contributed by atoms with Crippen molar-refractivity contribution in [3.05, 3.63) is 17.6 Å². The monoisotopic (exact) mass is 330 g/mol. The fourth-order valence-electron chi connectivity index (χ4n) is 4.75. The van der Waals surface area contributed by atoms with E-state index in [4.69, 9.17) is 4.98 Å². The van der Waals surface area contributed by atoms with Gasteiger partial charge in [0.05, 0.1) is 29.7 Å². The second kappa shape index (κ2) is 5.67. The van der Waals surface area contributed by atoms with E-state index in [-0.39, 0.29) is 18.1 Å². The number of anilines is 1. The molecule has 0 bridgehead atoms. The van der Waals surface area contributed by atoms with Gasteiger partial charge in [-0.1, -0.05) is 13.8 Å². The highest BCUT2D eigenvalue weighted by Crippen LogP contribution is 2.61. The van der Waals surface area contributed by atoms with E-state index in [1.165, 1.54) is 25.7 Å². The largest absolute Gasteiger partial charge is 0.391 e. The molecule has 2 N–H and O–H groups in total. The van der Waals surface area contributed by atoms with Crippen LogP contribution >= 0.6 is 0 Å². The van der Waals surface area contributed by atoms with Crippen molar-refractivity contribution in [3.8, 4) is 0 Å². The molecule has 2 heterocycles. The van der Waals surface area contributed by atoms with Crippen LogP contribution in [0.15, 0.2) is 6.20 Å². The summed E-state index contributed by atoms with van der Waals surface area (Å²) in [7, 11) is 2.15. The highest BCUT2D eigenvalue weighted by Gasteiger charge is 2.54. The fraction of sp³-hybridized carbons (Fsp3) is 0.789. The first kappa shape index (κ1) is 16.3. The van der Waals surface area contributed by atoms with Gasteiger partial charge in [0.2, 0.25) is 0 Å². The predicted octanol–water partition coefficient (Wildman–Crippen LogP) is 2.44. The van der Waals surface area contributed by atoms with Gasteiger partial charge < -0.3 is 15.3 Å². The summed E-state index contributed by atoms with van der Waals surface area (Å²) in [6.07, 6.45) is 7.06. The van der Waals surface area contributed by atoms with E-state index in [0.29, 0.717) is 23.9 Å². The van der Waals surface area contributed by atoms with Crippen LogP contribution in [0.4, 0.5) is 5.82 Å². The molecule has 0 amide bonds. The third-order valence-corrected chi connectivity index (χ3v) is 6.62. The van der Waals surface area contributed by atoms with Crippen molar-refractivity contribution >= 4 is 5.82 Å². The van der Waals surface area contributed by atoms with Gasteiger partial charge in [0.25, 0.3) is 0 Å². The molecule has 1 aromatic heterocycles. The van der Waals surface area contributed by atoms with Gasteiger partial charge in [-0.05, 0) is 43.9 Å². The van der Waals surface area contributed by atoms with Crippen molar-refractivity contribution < 1.29 is 5.11 Å². The highest BCUT2D eigenvalue weighted by molar-refractivity contribution is 5.41. The van der Waals surface area contributed by atoms with Crippen LogP contribution in [0.25, 0.3) is 0 Å². The minimum absolute atomic E-state index is 0.0945. The molecule has 1 aromatic rings. The standard InChI is InChI=1S/C19H30N4O/c1-11(2)16-14(24)9-21-18(16)17-12(3)20-10-15(22-17)23(4)13-7-19(8-13)5-6-19/h10-11,13-14,16,18,21,24H,5-9H2,1-4H3. The van der Waals surface area contributed by atoms with E-state index in [0.717, 1.165) is 17.2 Å². The van der Waals surface area contributed by atoms with Crippen molar-refractivity contribution in [1.29, 1.82) is 0 Å². The Morgan fingerprint density at radius 2 is 2.04 bits per heavy atom. The minimum atomic E-state index is -0.307. The average molecular weight is 330 g/mol. The maximum atomic E-state index is 10.3. The van der Waals surface area contributed by atoms with Crippen molar-refractivity contribution in [2.75, 3.05) is 18.5 Å². The van der Waals surface area contributed by atoms with Crippen LogP contribution in [-0.2, 0) is 0 Å². The van der Waals surface area contributed by atoms with Gasteiger partial charge in [-0.3, -0.25) is 4.98 Å². The number of hydrogen-bond donors (Lipinski definition) is 2. The molecule has 0 radical (unpaired) electrons. The molecule has 3 unspecified atom stereocenters. The van der Waals surface area contributed by atoms with E-state index in [1.54, 1.807) is 0 Å². The minimum Gasteiger partial charge on any atom is -0.391 e. The average Bonchev–Trinajstić information content (AvgIpc) is 3.22. The molecule has 3 aliphatic rings. The Kier molecular flexibility index (Phi) is 3.84. The molecule has 3 atom stereocenters. The van der Waals surface area contributed by atoms with E-state index >= 15 is 0 Å². The molecule has 4 rings (SSSR count). The van der Waals surface area contributed by atoms with Gasteiger partial charge in [0.1, 0.15) is 5.82 Å². The van der Waals surface area contributed by atoms with E-state index in [1.807, 2.05) is 13.1 Å². The van der Waals surface area contributed by atoms with Crippen LogP contribution in [-0.4, -0.2) is 40.8 Å². The van der Waals surface area contributed by atoms with Crippen molar-refractivity contribution in [2.45, 2.75) is 64.6 Å². The second-order valence-corrected chi connectivity index (χ2v) is 8.65. The Morgan fingerprint density at radius 3 is 2.67 bits per heavy atom. The van der Waals surface area contributed by atoms with Crippen molar-refractivity contribution in [3.63, 3.8) is 0 Å². The van der Waals surface area contributed by atoms with Crippen molar-refractivity contribution in [1.82, 2.24) is 15.3 Å². The van der Waals surface area contributed by atoms with Crippen LogP contribution in [0.1, 0.15) is 57.0 Å². The lowest BCUT2D eigenvalue weighted by molar-refractivity contribution is 0.109. The van der Waals surface area contributed by atoms with Crippen LogP contribution < -0.4 is 10.2 Å². The molecule has 2 aliphatic carbocycles. The summed E-state index contributed by atoms with van der Waals surface area (Å²) in [5.74, 6) is 1.57. The zero-order valence-corrected chi connectivity index (χ0v) is 15.3. The number of aliphatic hydroxyl groups excluding tert-OH is 1. The molecule has 5 heteroatoms. The number of hydrogen-bond acceptors (Lipinski definition) is 5. The number of aromatic nitrogens is 2. The molecule has 2 saturated carbocycles. The maximum absolute atomic E-state index is 10.3. The molecule has 0 aromatic carbocycles. The number of nitrogens with one attached hydrogen (secondary N) is 1. The molecule has 132 valence electrons. The fourth-order valence-corrected chi connectivity index (χ4v) is 4.75. The molecular weight excluding hydrogens is 300 g/mol. The summed E-state index contributed by atoms with van der Waals surface area (Å²) in [5, 5.41) is 13.8. The van der Waals surface area contributed by atoms with Crippen LogP contribution in [0.2, 0.25) is 0 Å². The summed E-state index contributed by atoms with van der Waals surface area (Å²) < 4.78 is 0. The molecular formula is C19H30N4O. The van der Waals surface area contributed by atoms with Gasteiger partial charge in [-0.15, -0.1) is 0 Å². The first-order valence-electron chi connectivity index (χ1n) is 9.38. The second-order valence-electron chi connectivity index (χ2n) is 8.65. The topological polar surface area (TPSA) is 61.3 Å². The first-order chi connectivity index (χ1) is 11.4. The third kappa shape index (κ3) is 2.62. The maximum Gasteiger partial charge on any atom is 0.147 e. The van der Waals surface area contributed by atoms with E-state index < -0.39 is 0 Å². The normalized spacial score (nSPS) is 31.5. The molecule has 1 saturated heterocycles. The van der Waals surface area contributed by atoms with Crippen LogP contribution in [0.3, 0.4) is 0 Å². The molecule has 1 aliphatic heterocycles. The number of rotatable bonds is 4. The van der Waals surface area contributed by atoms with Gasteiger partial charge in [0.15, 0.2) is 0 Å². The molecule has 24 heavy (non-hydrogen) atoms. The van der Waals surface area contributed by atoms with E-state index in [9.17, 15) is 5.11 Å². The summed E-state index contributed by atoms with van der Waals surface area (Å²) in [6.45, 7) is 7.02. The lowest BCUT2D eigenvalue weighted by Crippen LogP contribution is -2.44. The van der Waals surface area contributed by atoms with Crippen LogP contribution in [0, 0.1) is 24.2 Å². The zero-order valence-electron chi connectivity index (χ0n) is 15.3. The number of aryl methyl sites for hydroxylation is 1. The summed E-state index contributed by atoms with van der Waals surface area (Å²) >= 11 is 0. The lowest BCUT2D eigenvalue weighted by Gasteiger charge is -2.42. The summed E-state index contributed by atoms with van der Waals surface area (Å²) in [6, 6.07) is 0.706.